The third-order valence-corrected chi connectivity index (χ3v) is 4.33. The number of hydrogen-bond acceptors (Lipinski definition) is 4. The zero-order chi connectivity index (χ0) is 18.0. The van der Waals surface area contributed by atoms with Crippen LogP contribution in [0.5, 0.6) is 5.75 Å². The van der Waals surface area contributed by atoms with E-state index in [0.29, 0.717) is 5.75 Å². The Morgan fingerprint density at radius 1 is 1.04 bits per heavy atom. The van der Waals surface area contributed by atoms with Crippen LogP contribution in [0.1, 0.15) is 13.8 Å². The number of hydrogen-bond donors (Lipinski definition) is 0. The van der Waals surface area contributed by atoms with Crippen molar-refractivity contribution >= 4 is 12.1 Å². The lowest BCUT2D eigenvalue weighted by molar-refractivity contribution is -0.189. The first-order valence-electron chi connectivity index (χ1n) is 8.28. The standard InChI is InChI=1S/C20H21NO4/c1-13(2)18-17(19(22)25-18)21(3)20(23)24-16-11-9-15(10-12-16)14-7-5-4-6-8-14/h4-13,17-18H,1-3H3/t17-,18+/m1/s1. The fourth-order valence-corrected chi connectivity index (χ4v) is 2.84. The fraction of sp³-hybridized carbons (Fsp3) is 0.300. The Morgan fingerprint density at radius 2 is 1.64 bits per heavy atom. The predicted octanol–water partition coefficient (Wildman–Crippen LogP) is 3.73. The molecule has 5 nitrogen and oxygen atoms in total. The first-order chi connectivity index (χ1) is 12.0. The van der Waals surface area contributed by atoms with Crippen LogP contribution in [0.3, 0.4) is 0 Å². The molecular weight excluding hydrogens is 318 g/mol. The smallest absolute Gasteiger partial charge is 0.415 e. The molecule has 5 heteroatoms. The Labute approximate surface area is 147 Å². The van der Waals surface area contributed by atoms with Crippen LogP contribution >= 0.6 is 0 Å². The fourth-order valence-electron chi connectivity index (χ4n) is 2.84. The normalized spacial score (nSPS) is 19.1. The topological polar surface area (TPSA) is 55.8 Å². The van der Waals surface area contributed by atoms with E-state index < -0.39 is 18.1 Å². The molecule has 0 spiro atoms. The number of rotatable bonds is 4. The molecular formula is C20H21NO4. The summed E-state index contributed by atoms with van der Waals surface area (Å²) in [6, 6.07) is 16.6. The predicted molar refractivity (Wildman–Crippen MR) is 94.2 cm³/mol. The molecule has 0 aliphatic carbocycles. The van der Waals surface area contributed by atoms with Crippen LogP contribution < -0.4 is 4.74 Å². The molecule has 2 aromatic rings. The van der Waals surface area contributed by atoms with Gasteiger partial charge in [-0.3, -0.25) is 4.90 Å². The van der Waals surface area contributed by atoms with Crippen LogP contribution in [0.15, 0.2) is 54.6 Å². The summed E-state index contributed by atoms with van der Waals surface area (Å²) in [4.78, 5) is 25.3. The van der Waals surface area contributed by atoms with Gasteiger partial charge < -0.3 is 9.47 Å². The Bertz CT molecular complexity index is 755. The highest BCUT2D eigenvalue weighted by Gasteiger charge is 2.48. The monoisotopic (exact) mass is 339 g/mol. The first kappa shape index (κ1) is 17.0. The summed E-state index contributed by atoms with van der Waals surface area (Å²) >= 11 is 0. The summed E-state index contributed by atoms with van der Waals surface area (Å²) in [5, 5.41) is 0. The average Bonchev–Trinajstić information content (AvgIpc) is 2.60. The van der Waals surface area contributed by atoms with Crippen LogP contribution in [0.25, 0.3) is 11.1 Å². The SMILES string of the molecule is CC(C)[C@@H]1OC(=O)[C@@H]1N(C)C(=O)Oc1ccc(-c2ccccc2)cc1. The highest BCUT2D eigenvalue weighted by Crippen LogP contribution is 2.27. The van der Waals surface area contributed by atoms with Crippen molar-refractivity contribution in [2.45, 2.75) is 26.0 Å². The number of nitrogens with zero attached hydrogens (tertiary/aromatic N) is 1. The summed E-state index contributed by atoms with van der Waals surface area (Å²) in [6.45, 7) is 3.90. The number of benzene rings is 2. The van der Waals surface area contributed by atoms with E-state index in [4.69, 9.17) is 9.47 Å². The molecule has 25 heavy (non-hydrogen) atoms. The van der Waals surface area contributed by atoms with Gasteiger partial charge in [-0.25, -0.2) is 9.59 Å². The van der Waals surface area contributed by atoms with Gasteiger partial charge in [0.25, 0.3) is 0 Å². The Kier molecular flexibility index (Phi) is 4.74. The zero-order valence-corrected chi connectivity index (χ0v) is 14.5. The molecule has 1 amide bonds. The van der Waals surface area contributed by atoms with Gasteiger partial charge in [0.05, 0.1) is 0 Å². The molecule has 2 aromatic carbocycles. The largest absolute Gasteiger partial charge is 0.458 e. The molecule has 1 fully saturated rings. The maximum absolute atomic E-state index is 12.3. The summed E-state index contributed by atoms with van der Waals surface area (Å²) in [7, 11) is 1.56. The third-order valence-electron chi connectivity index (χ3n) is 4.33. The van der Waals surface area contributed by atoms with E-state index in [1.54, 1.807) is 19.2 Å². The second-order valence-electron chi connectivity index (χ2n) is 6.46. The van der Waals surface area contributed by atoms with Crippen LogP contribution in [0, 0.1) is 5.92 Å². The van der Waals surface area contributed by atoms with Crippen LogP contribution in [-0.4, -0.2) is 36.2 Å². The summed E-state index contributed by atoms with van der Waals surface area (Å²) in [6.07, 6.45) is -0.856. The lowest BCUT2D eigenvalue weighted by Crippen LogP contribution is -2.62. The van der Waals surface area contributed by atoms with Gasteiger partial charge in [-0.1, -0.05) is 56.3 Å². The van der Waals surface area contributed by atoms with Crippen molar-refractivity contribution in [1.29, 1.82) is 0 Å². The Morgan fingerprint density at radius 3 is 2.20 bits per heavy atom. The molecule has 0 radical (unpaired) electrons. The average molecular weight is 339 g/mol. The lowest BCUT2D eigenvalue weighted by Gasteiger charge is -2.41. The van der Waals surface area contributed by atoms with Crippen molar-refractivity contribution in [1.82, 2.24) is 4.90 Å². The molecule has 2 atom stereocenters. The summed E-state index contributed by atoms with van der Waals surface area (Å²) in [5.41, 5.74) is 2.13. The van der Waals surface area contributed by atoms with Gasteiger partial charge in [-0.2, -0.15) is 0 Å². The van der Waals surface area contributed by atoms with Gasteiger partial charge >= 0.3 is 12.1 Å². The van der Waals surface area contributed by atoms with E-state index in [1.165, 1.54) is 4.90 Å². The molecule has 0 N–H and O–H groups in total. The van der Waals surface area contributed by atoms with Gasteiger partial charge in [-0.05, 0) is 29.2 Å². The molecule has 3 rings (SSSR count). The highest BCUT2D eigenvalue weighted by atomic mass is 16.6. The maximum Gasteiger partial charge on any atom is 0.415 e. The van der Waals surface area contributed by atoms with Gasteiger partial charge in [-0.15, -0.1) is 0 Å². The van der Waals surface area contributed by atoms with Crippen LogP contribution in [0.4, 0.5) is 4.79 Å². The number of carbonyl (C=O) groups is 2. The van der Waals surface area contributed by atoms with E-state index in [2.05, 4.69) is 0 Å². The van der Waals surface area contributed by atoms with Gasteiger partial charge in [0.2, 0.25) is 0 Å². The van der Waals surface area contributed by atoms with E-state index >= 15 is 0 Å². The number of cyclic esters (lactones) is 1. The second-order valence-corrected chi connectivity index (χ2v) is 6.46. The number of amides is 1. The molecule has 0 saturated carbocycles. The van der Waals surface area contributed by atoms with Crippen molar-refractivity contribution in [3.8, 4) is 16.9 Å². The van der Waals surface area contributed by atoms with Gasteiger partial charge in [0.1, 0.15) is 11.9 Å². The van der Waals surface area contributed by atoms with Crippen LogP contribution in [-0.2, 0) is 9.53 Å². The molecule has 1 aliphatic heterocycles. The summed E-state index contributed by atoms with van der Waals surface area (Å²) < 4.78 is 10.5. The second kappa shape index (κ2) is 6.97. The van der Waals surface area contributed by atoms with Crippen molar-refractivity contribution in [2.24, 2.45) is 5.92 Å². The number of likely N-dealkylation sites (N-methyl/N-ethyl adjacent to an activating group) is 1. The molecule has 0 unspecified atom stereocenters. The molecule has 0 bridgehead atoms. The van der Waals surface area contributed by atoms with E-state index in [0.717, 1.165) is 11.1 Å². The molecule has 130 valence electrons. The number of carbonyl (C=O) groups excluding carboxylic acids is 2. The van der Waals surface area contributed by atoms with E-state index in [-0.39, 0.29) is 12.0 Å². The maximum atomic E-state index is 12.3. The van der Waals surface area contributed by atoms with Crippen molar-refractivity contribution in [2.75, 3.05) is 7.05 Å². The molecule has 0 aromatic heterocycles. The van der Waals surface area contributed by atoms with E-state index in [9.17, 15) is 9.59 Å². The van der Waals surface area contributed by atoms with Crippen LogP contribution in [0.2, 0.25) is 0 Å². The first-order valence-corrected chi connectivity index (χ1v) is 8.28. The molecule has 1 heterocycles. The molecule has 1 saturated heterocycles. The number of esters is 1. The number of ether oxygens (including phenoxy) is 2. The summed E-state index contributed by atoms with van der Waals surface area (Å²) in [5.74, 6) is 0.186. The Balaban J connectivity index is 1.66. The molecule has 1 aliphatic rings. The zero-order valence-electron chi connectivity index (χ0n) is 14.5. The third kappa shape index (κ3) is 3.50. The van der Waals surface area contributed by atoms with Gasteiger partial charge in [0.15, 0.2) is 6.04 Å². The minimum absolute atomic E-state index is 0.142. The minimum Gasteiger partial charge on any atom is -0.458 e. The quantitative estimate of drug-likeness (QED) is 0.797. The Hall–Kier alpha value is -2.82. The van der Waals surface area contributed by atoms with Crippen molar-refractivity contribution in [3.63, 3.8) is 0 Å². The minimum atomic E-state index is -0.587. The van der Waals surface area contributed by atoms with Crippen molar-refractivity contribution < 1.29 is 19.1 Å². The highest BCUT2D eigenvalue weighted by molar-refractivity contribution is 5.87. The lowest BCUT2D eigenvalue weighted by atomic mass is 9.94. The van der Waals surface area contributed by atoms with Gasteiger partial charge in [0, 0.05) is 7.05 Å². The van der Waals surface area contributed by atoms with Crippen molar-refractivity contribution in [3.05, 3.63) is 54.6 Å². The van der Waals surface area contributed by atoms with E-state index in [1.807, 2.05) is 56.3 Å².